The van der Waals surface area contributed by atoms with Crippen LogP contribution >= 0.6 is 0 Å². The van der Waals surface area contributed by atoms with Crippen LogP contribution in [-0.4, -0.2) is 44.2 Å². The number of hydrogen-bond acceptors (Lipinski definition) is 3. The Bertz CT molecular complexity index is 225. The van der Waals surface area contributed by atoms with Crippen molar-refractivity contribution >= 4 is 5.91 Å². The third-order valence-electron chi connectivity index (χ3n) is 3.19. The first-order chi connectivity index (χ1) is 7.91. The minimum atomic E-state index is -0.442. The predicted octanol–water partition coefficient (Wildman–Crippen LogP) is 1.49. The van der Waals surface area contributed by atoms with Gasteiger partial charge in [0.15, 0.2) is 0 Å². The zero-order valence-electron chi connectivity index (χ0n) is 12.0. The van der Waals surface area contributed by atoms with Crippen molar-refractivity contribution in [2.75, 3.05) is 33.4 Å². The van der Waals surface area contributed by atoms with E-state index in [2.05, 4.69) is 13.8 Å². The van der Waals surface area contributed by atoms with Gasteiger partial charge in [-0.15, -0.1) is 0 Å². The average Bonchev–Trinajstić information content (AvgIpc) is 2.32. The maximum absolute atomic E-state index is 12.5. The molecule has 2 N–H and O–H groups in total. The van der Waals surface area contributed by atoms with Crippen LogP contribution in [0.25, 0.3) is 0 Å². The monoisotopic (exact) mass is 244 g/mol. The molecule has 0 aliphatic heterocycles. The molecule has 1 amide bonds. The van der Waals surface area contributed by atoms with Gasteiger partial charge in [-0.2, -0.15) is 0 Å². The Morgan fingerprint density at radius 3 is 2.41 bits per heavy atom. The van der Waals surface area contributed by atoms with Gasteiger partial charge in [-0.1, -0.05) is 20.8 Å². The maximum atomic E-state index is 12.5. The van der Waals surface area contributed by atoms with E-state index in [0.29, 0.717) is 25.6 Å². The molecule has 0 aliphatic rings. The second kappa shape index (κ2) is 7.67. The fraction of sp³-hybridized carbons (Fsp3) is 0.923. The summed E-state index contributed by atoms with van der Waals surface area (Å²) in [6, 6.07) is 0. The minimum Gasteiger partial charge on any atom is -0.383 e. The lowest BCUT2D eigenvalue weighted by molar-refractivity contribution is -0.142. The SMILES string of the molecule is CCC(C)(CN)C(=O)N(CCOC)CC(C)C. The third kappa shape index (κ3) is 5.04. The van der Waals surface area contributed by atoms with Crippen LogP contribution in [0.1, 0.15) is 34.1 Å². The van der Waals surface area contributed by atoms with Gasteiger partial charge in [0.05, 0.1) is 12.0 Å². The van der Waals surface area contributed by atoms with Crippen molar-refractivity contribution in [1.82, 2.24) is 4.90 Å². The van der Waals surface area contributed by atoms with Crippen LogP contribution in [-0.2, 0) is 9.53 Å². The van der Waals surface area contributed by atoms with Gasteiger partial charge in [-0.25, -0.2) is 0 Å². The highest BCUT2D eigenvalue weighted by Gasteiger charge is 2.33. The van der Waals surface area contributed by atoms with Gasteiger partial charge in [0.25, 0.3) is 0 Å². The molecule has 0 radical (unpaired) electrons. The van der Waals surface area contributed by atoms with Crippen molar-refractivity contribution in [3.63, 3.8) is 0 Å². The lowest BCUT2D eigenvalue weighted by Crippen LogP contribution is -2.48. The van der Waals surface area contributed by atoms with Crippen molar-refractivity contribution in [2.45, 2.75) is 34.1 Å². The number of nitrogens with zero attached hydrogens (tertiary/aromatic N) is 1. The van der Waals surface area contributed by atoms with Crippen LogP contribution in [0.15, 0.2) is 0 Å². The minimum absolute atomic E-state index is 0.147. The van der Waals surface area contributed by atoms with E-state index in [1.807, 2.05) is 18.7 Å². The molecule has 0 aromatic carbocycles. The fourth-order valence-electron chi connectivity index (χ4n) is 1.68. The molecule has 0 rings (SSSR count). The largest absolute Gasteiger partial charge is 0.383 e. The molecule has 1 atom stereocenters. The molecular weight excluding hydrogens is 216 g/mol. The third-order valence-corrected chi connectivity index (χ3v) is 3.19. The van der Waals surface area contributed by atoms with E-state index >= 15 is 0 Å². The topological polar surface area (TPSA) is 55.6 Å². The van der Waals surface area contributed by atoms with Gasteiger partial charge in [0, 0.05) is 26.7 Å². The molecular formula is C13H28N2O2. The van der Waals surface area contributed by atoms with E-state index in [1.165, 1.54) is 0 Å². The Hall–Kier alpha value is -0.610. The van der Waals surface area contributed by atoms with E-state index in [9.17, 15) is 4.79 Å². The highest BCUT2D eigenvalue weighted by Crippen LogP contribution is 2.23. The Balaban J connectivity index is 4.71. The summed E-state index contributed by atoms with van der Waals surface area (Å²) in [4.78, 5) is 14.3. The first kappa shape index (κ1) is 16.4. The highest BCUT2D eigenvalue weighted by atomic mass is 16.5. The summed E-state index contributed by atoms with van der Waals surface area (Å²) in [5, 5.41) is 0. The van der Waals surface area contributed by atoms with E-state index < -0.39 is 5.41 Å². The molecule has 1 unspecified atom stereocenters. The Morgan fingerprint density at radius 1 is 1.47 bits per heavy atom. The van der Waals surface area contributed by atoms with E-state index in [4.69, 9.17) is 10.5 Å². The van der Waals surface area contributed by atoms with Gasteiger partial charge >= 0.3 is 0 Å². The molecule has 0 saturated carbocycles. The second-order valence-electron chi connectivity index (χ2n) is 5.26. The summed E-state index contributed by atoms with van der Waals surface area (Å²) in [6.07, 6.45) is 0.768. The van der Waals surface area contributed by atoms with Crippen molar-refractivity contribution in [3.05, 3.63) is 0 Å². The first-order valence-corrected chi connectivity index (χ1v) is 6.39. The van der Waals surface area contributed by atoms with Gasteiger partial charge in [-0.05, 0) is 19.3 Å². The maximum Gasteiger partial charge on any atom is 0.229 e. The molecule has 0 bridgehead atoms. The molecule has 4 heteroatoms. The van der Waals surface area contributed by atoms with Crippen molar-refractivity contribution < 1.29 is 9.53 Å². The van der Waals surface area contributed by atoms with Crippen molar-refractivity contribution in [1.29, 1.82) is 0 Å². The molecule has 0 heterocycles. The number of rotatable bonds is 8. The number of methoxy groups -OCH3 is 1. The molecule has 0 spiro atoms. The van der Waals surface area contributed by atoms with Gasteiger partial charge in [0.1, 0.15) is 0 Å². The number of hydrogen-bond donors (Lipinski definition) is 1. The highest BCUT2D eigenvalue weighted by molar-refractivity contribution is 5.82. The summed E-state index contributed by atoms with van der Waals surface area (Å²) in [5.41, 5.74) is 5.30. The summed E-state index contributed by atoms with van der Waals surface area (Å²) in [6.45, 7) is 10.5. The standard InChI is InChI=1S/C13H28N2O2/c1-6-13(4,10-14)12(16)15(7-8-17-5)9-11(2)3/h11H,6-10,14H2,1-5H3. The molecule has 102 valence electrons. The van der Waals surface area contributed by atoms with Crippen LogP contribution in [0.2, 0.25) is 0 Å². The zero-order chi connectivity index (χ0) is 13.5. The Labute approximate surface area is 105 Å². The van der Waals surface area contributed by atoms with E-state index in [1.54, 1.807) is 7.11 Å². The van der Waals surface area contributed by atoms with Crippen molar-refractivity contribution in [2.24, 2.45) is 17.1 Å². The summed E-state index contributed by atoms with van der Waals surface area (Å²) >= 11 is 0. The number of amides is 1. The summed E-state index contributed by atoms with van der Waals surface area (Å²) < 4.78 is 5.06. The van der Waals surface area contributed by atoms with Crippen LogP contribution in [0.5, 0.6) is 0 Å². The van der Waals surface area contributed by atoms with Crippen LogP contribution < -0.4 is 5.73 Å². The molecule has 0 fully saturated rings. The Morgan fingerprint density at radius 2 is 2.06 bits per heavy atom. The summed E-state index contributed by atoms with van der Waals surface area (Å²) in [5.74, 6) is 0.600. The van der Waals surface area contributed by atoms with Crippen molar-refractivity contribution in [3.8, 4) is 0 Å². The van der Waals surface area contributed by atoms with Crippen LogP contribution in [0.3, 0.4) is 0 Å². The lowest BCUT2D eigenvalue weighted by atomic mass is 9.86. The molecule has 0 aromatic heterocycles. The molecule has 0 aliphatic carbocycles. The fourth-order valence-corrected chi connectivity index (χ4v) is 1.68. The summed E-state index contributed by atoms with van der Waals surface area (Å²) in [7, 11) is 1.65. The number of ether oxygens (including phenoxy) is 1. The normalized spacial score (nSPS) is 14.8. The average molecular weight is 244 g/mol. The second-order valence-corrected chi connectivity index (χ2v) is 5.26. The number of carbonyl (C=O) groups excluding carboxylic acids is 1. The smallest absolute Gasteiger partial charge is 0.229 e. The lowest BCUT2D eigenvalue weighted by Gasteiger charge is -2.34. The molecule has 0 saturated heterocycles. The number of nitrogens with two attached hydrogens (primary N) is 1. The molecule has 0 aromatic rings. The first-order valence-electron chi connectivity index (χ1n) is 6.39. The zero-order valence-corrected chi connectivity index (χ0v) is 12.0. The van der Waals surface area contributed by atoms with E-state index in [0.717, 1.165) is 13.0 Å². The van der Waals surface area contributed by atoms with Gasteiger partial charge in [-0.3, -0.25) is 4.79 Å². The van der Waals surface area contributed by atoms with E-state index in [-0.39, 0.29) is 5.91 Å². The molecule has 4 nitrogen and oxygen atoms in total. The van der Waals surface area contributed by atoms with Gasteiger partial charge in [0.2, 0.25) is 5.91 Å². The predicted molar refractivity (Wildman–Crippen MR) is 70.7 cm³/mol. The molecule has 17 heavy (non-hydrogen) atoms. The van der Waals surface area contributed by atoms with Crippen LogP contribution in [0.4, 0.5) is 0 Å². The Kier molecular flexibility index (Phi) is 7.39. The van der Waals surface area contributed by atoms with Gasteiger partial charge < -0.3 is 15.4 Å². The quantitative estimate of drug-likeness (QED) is 0.704. The van der Waals surface area contributed by atoms with Crippen LogP contribution in [0, 0.1) is 11.3 Å². The number of carbonyl (C=O) groups is 1.